The molecule has 0 saturated heterocycles. The maximum atomic E-state index is 8.60. The lowest BCUT2D eigenvalue weighted by molar-refractivity contribution is 0.406. The molecule has 0 N–H and O–H groups in total. The second kappa shape index (κ2) is 2.27. The van der Waals surface area contributed by atoms with Gasteiger partial charge in [-0.1, -0.05) is 20.8 Å². The molecule has 0 bridgehead atoms. The minimum absolute atomic E-state index is 0.356. The van der Waals surface area contributed by atoms with E-state index in [2.05, 4.69) is 26.8 Å². The van der Waals surface area contributed by atoms with Crippen LogP contribution in [0.3, 0.4) is 0 Å². The summed E-state index contributed by atoms with van der Waals surface area (Å²) in [6, 6.07) is 2.33. The van der Waals surface area contributed by atoms with Crippen molar-refractivity contribution in [3.63, 3.8) is 0 Å². The van der Waals surface area contributed by atoms with Gasteiger partial charge in [0.05, 0.1) is 12.0 Å². The van der Waals surface area contributed by atoms with E-state index >= 15 is 0 Å². The molecule has 1 aliphatic rings. The Morgan fingerprint density at radius 3 is 2.60 bits per heavy atom. The van der Waals surface area contributed by atoms with Crippen molar-refractivity contribution in [2.75, 3.05) is 0 Å². The van der Waals surface area contributed by atoms with Crippen molar-refractivity contribution in [2.45, 2.75) is 33.6 Å². The van der Waals surface area contributed by atoms with E-state index in [1.54, 1.807) is 0 Å². The van der Waals surface area contributed by atoms with Gasteiger partial charge >= 0.3 is 0 Å². The largest absolute Gasteiger partial charge is 0.198 e. The fraction of sp³-hybridized carbons (Fsp3) is 0.889. The fourth-order valence-corrected chi connectivity index (χ4v) is 1.77. The highest BCUT2D eigenvalue weighted by atomic mass is 14.5. The van der Waals surface area contributed by atoms with Crippen LogP contribution in [0.15, 0.2) is 0 Å². The molecule has 0 aromatic carbocycles. The Kier molecular flexibility index (Phi) is 1.72. The summed E-state index contributed by atoms with van der Waals surface area (Å²) in [6.45, 7) is 6.66. The maximum Gasteiger partial charge on any atom is 0.0661 e. The summed E-state index contributed by atoms with van der Waals surface area (Å²) in [5.41, 5.74) is 0.378. The van der Waals surface area contributed by atoms with Crippen LogP contribution in [0.2, 0.25) is 0 Å². The van der Waals surface area contributed by atoms with Crippen LogP contribution in [0.1, 0.15) is 33.6 Å². The second-order valence-electron chi connectivity index (χ2n) is 4.14. The molecule has 0 spiro atoms. The molecule has 1 saturated carbocycles. The SMILES string of the molecule is CC(C)CC1(C)CC1C#N. The summed E-state index contributed by atoms with van der Waals surface area (Å²) in [6.07, 6.45) is 2.34. The molecule has 1 nitrogen and oxygen atoms in total. The fourth-order valence-electron chi connectivity index (χ4n) is 1.77. The minimum atomic E-state index is 0.356. The van der Waals surface area contributed by atoms with Gasteiger partial charge in [-0.3, -0.25) is 0 Å². The smallest absolute Gasteiger partial charge is 0.0661 e. The summed E-state index contributed by atoms with van der Waals surface area (Å²) in [5.74, 6) is 1.10. The summed E-state index contributed by atoms with van der Waals surface area (Å²) in [5, 5.41) is 8.60. The molecule has 1 heteroatoms. The van der Waals surface area contributed by atoms with E-state index in [0.717, 1.165) is 12.3 Å². The lowest BCUT2D eigenvalue weighted by atomic mass is 9.94. The van der Waals surface area contributed by atoms with E-state index < -0.39 is 0 Å². The standard InChI is InChI=1S/C9H15N/c1-7(2)4-9(3)5-8(9)6-10/h7-8H,4-5H2,1-3H3. The normalized spacial score (nSPS) is 37.7. The summed E-state index contributed by atoms with van der Waals surface area (Å²) < 4.78 is 0. The van der Waals surface area contributed by atoms with Crippen molar-refractivity contribution >= 4 is 0 Å². The Bertz CT molecular complexity index is 166. The van der Waals surface area contributed by atoms with Crippen LogP contribution in [0, 0.1) is 28.6 Å². The molecule has 1 aliphatic carbocycles. The van der Waals surface area contributed by atoms with Gasteiger partial charge in [-0.15, -0.1) is 0 Å². The summed E-state index contributed by atoms with van der Waals surface area (Å²) >= 11 is 0. The van der Waals surface area contributed by atoms with E-state index in [0.29, 0.717) is 11.3 Å². The van der Waals surface area contributed by atoms with Crippen LogP contribution in [-0.2, 0) is 0 Å². The van der Waals surface area contributed by atoms with Gasteiger partial charge in [-0.25, -0.2) is 0 Å². The molecule has 2 atom stereocenters. The van der Waals surface area contributed by atoms with Crippen molar-refractivity contribution in [1.29, 1.82) is 5.26 Å². The van der Waals surface area contributed by atoms with Gasteiger partial charge in [0, 0.05) is 0 Å². The topological polar surface area (TPSA) is 23.8 Å². The Morgan fingerprint density at radius 2 is 2.30 bits per heavy atom. The molecule has 1 fully saturated rings. The number of nitrogens with zero attached hydrogens (tertiary/aromatic N) is 1. The second-order valence-corrected chi connectivity index (χ2v) is 4.14. The highest BCUT2D eigenvalue weighted by molar-refractivity contribution is 5.10. The predicted molar refractivity (Wildman–Crippen MR) is 41.3 cm³/mol. The van der Waals surface area contributed by atoms with Crippen molar-refractivity contribution in [3.05, 3.63) is 0 Å². The first-order chi connectivity index (χ1) is 4.58. The Labute approximate surface area is 63.0 Å². The van der Waals surface area contributed by atoms with Gasteiger partial charge in [-0.2, -0.15) is 5.26 Å². The van der Waals surface area contributed by atoms with Gasteiger partial charge in [-0.05, 0) is 24.2 Å². The van der Waals surface area contributed by atoms with Crippen LogP contribution in [-0.4, -0.2) is 0 Å². The molecule has 0 aromatic heterocycles. The maximum absolute atomic E-state index is 8.60. The van der Waals surface area contributed by atoms with Gasteiger partial charge in [0.25, 0.3) is 0 Å². The highest BCUT2D eigenvalue weighted by Gasteiger charge is 2.50. The Balaban J connectivity index is 2.38. The van der Waals surface area contributed by atoms with Crippen molar-refractivity contribution in [3.8, 4) is 6.07 Å². The van der Waals surface area contributed by atoms with E-state index in [9.17, 15) is 0 Å². The molecular formula is C9H15N. The summed E-state index contributed by atoms with van der Waals surface area (Å²) in [7, 11) is 0. The third kappa shape index (κ3) is 1.31. The monoisotopic (exact) mass is 137 g/mol. The predicted octanol–water partition coefficient (Wildman–Crippen LogP) is 2.58. The number of rotatable bonds is 2. The molecule has 10 heavy (non-hydrogen) atoms. The van der Waals surface area contributed by atoms with Gasteiger partial charge in [0.2, 0.25) is 0 Å². The summed E-state index contributed by atoms with van der Waals surface area (Å²) in [4.78, 5) is 0. The molecular weight excluding hydrogens is 122 g/mol. The first-order valence-electron chi connectivity index (χ1n) is 3.98. The molecule has 0 amide bonds. The Hall–Kier alpha value is -0.510. The molecule has 0 aromatic rings. The van der Waals surface area contributed by atoms with E-state index in [1.807, 2.05) is 0 Å². The van der Waals surface area contributed by atoms with E-state index in [4.69, 9.17) is 5.26 Å². The van der Waals surface area contributed by atoms with Crippen LogP contribution < -0.4 is 0 Å². The molecule has 1 rings (SSSR count). The van der Waals surface area contributed by atoms with Crippen molar-refractivity contribution in [2.24, 2.45) is 17.3 Å². The molecule has 56 valence electrons. The lowest BCUT2D eigenvalue weighted by Gasteiger charge is -2.10. The zero-order chi connectivity index (χ0) is 7.78. The molecule has 0 radical (unpaired) electrons. The van der Waals surface area contributed by atoms with Crippen molar-refractivity contribution in [1.82, 2.24) is 0 Å². The lowest BCUT2D eigenvalue weighted by Crippen LogP contribution is -2.01. The third-order valence-corrected chi connectivity index (χ3v) is 2.38. The van der Waals surface area contributed by atoms with Gasteiger partial charge in [0.1, 0.15) is 0 Å². The quantitative estimate of drug-likeness (QED) is 0.574. The number of hydrogen-bond donors (Lipinski definition) is 0. The molecule has 2 unspecified atom stereocenters. The first kappa shape index (κ1) is 7.60. The van der Waals surface area contributed by atoms with E-state index in [1.165, 1.54) is 6.42 Å². The Morgan fingerprint density at radius 1 is 1.70 bits per heavy atom. The zero-order valence-electron chi connectivity index (χ0n) is 7.02. The average Bonchev–Trinajstić information content (AvgIpc) is 2.39. The van der Waals surface area contributed by atoms with Crippen LogP contribution in [0.25, 0.3) is 0 Å². The van der Waals surface area contributed by atoms with Gasteiger partial charge < -0.3 is 0 Å². The minimum Gasteiger partial charge on any atom is -0.198 e. The number of hydrogen-bond acceptors (Lipinski definition) is 1. The van der Waals surface area contributed by atoms with Crippen LogP contribution in [0.5, 0.6) is 0 Å². The van der Waals surface area contributed by atoms with Gasteiger partial charge in [0.15, 0.2) is 0 Å². The van der Waals surface area contributed by atoms with Crippen molar-refractivity contribution < 1.29 is 0 Å². The van der Waals surface area contributed by atoms with Crippen LogP contribution >= 0.6 is 0 Å². The van der Waals surface area contributed by atoms with Crippen LogP contribution in [0.4, 0.5) is 0 Å². The molecule has 0 heterocycles. The van der Waals surface area contributed by atoms with E-state index in [-0.39, 0.29) is 0 Å². The highest BCUT2D eigenvalue weighted by Crippen LogP contribution is 2.55. The molecule has 0 aliphatic heterocycles. The number of nitriles is 1. The zero-order valence-corrected chi connectivity index (χ0v) is 7.02. The first-order valence-corrected chi connectivity index (χ1v) is 3.98. The average molecular weight is 137 g/mol. The third-order valence-electron chi connectivity index (χ3n) is 2.38.